The average Bonchev–Trinajstić information content (AvgIpc) is 3.11. The molecule has 7 heteroatoms. The summed E-state index contributed by atoms with van der Waals surface area (Å²) >= 11 is 3.31. The number of hydrogen-bond donors (Lipinski definition) is 1. The molecular formula is C17H22BrN3O3. The number of nitrogens with one attached hydrogen (secondary N) is 1. The molecule has 0 bridgehead atoms. The van der Waals surface area contributed by atoms with E-state index >= 15 is 0 Å². The maximum Gasteiger partial charge on any atom is 0.411 e. The monoisotopic (exact) mass is 395 g/mol. The molecule has 1 N–H and O–H groups in total. The molecule has 2 aliphatic rings. The standard InChI is InChI=1S/C17H22BrN3O3/c1-9-5-6-13(18)19-14(9)20-15(22)12-8-10-7-11(10)21(12)16(23)24-17(2,3)4/h5-6,10-12H,7-8H2,1-4H3,(H,19,20,22)/t10-,11-,12-/m0/s1. The Hall–Kier alpha value is -1.63. The minimum atomic E-state index is -0.576. The molecular weight excluding hydrogens is 374 g/mol. The normalized spacial score (nSPS) is 25.2. The number of likely N-dealkylation sites (tertiary alicyclic amines) is 1. The second kappa shape index (κ2) is 6.02. The lowest BCUT2D eigenvalue weighted by Crippen LogP contribution is -2.47. The molecule has 1 saturated heterocycles. The van der Waals surface area contributed by atoms with Crippen LogP contribution in [0.15, 0.2) is 16.7 Å². The van der Waals surface area contributed by atoms with E-state index in [1.165, 1.54) is 0 Å². The SMILES string of the molecule is Cc1ccc(Br)nc1NC(=O)[C@@H]1C[C@@H]2C[C@@H]2N1C(=O)OC(C)(C)C. The van der Waals surface area contributed by atoms with Crippen molar-refractivity contribution in [2.75, 3.05) is 5.32 Å². The lowest BCUT2D eigenvalue weighted by molar-refractivity contribution is -0.121. The van der Waals surface area contributed by atoms with Crippen molar-refractivity contribution in [2.24, 2.45) is 5.92 Å². The highest BCUT2D eigenvalue weighted by Crippen LogP contribution is 2.48. The molecule has 2 amide bonds. The Morgan fingerprint density at radius 1 is 1.33 bits per heavy atom. The van der Waals surface area contributed by atoms with Crippen molar-refractivity contribution in [3.05, 3.63) is 22.3 Å². The first-order valence-corrected chi connectivity index (χ1v) is 8.90. The van der Waals surface area contributed by atoms with E-state index in [2.05, 4.69) is 26.2 Å². The molecule has 1 aliphatic carbocycles. The van der Waals surface area contributed by atoms with Crippen LogP contribution in [0, 0.1) is 12.8 Å². The van der Waals surface area contributed by atoms with Crippen LogP contribution in [0.25, 0.3) is 0 Å². The number of amides is 2. The molecule has 0 aromatic carbocycles. The third-order valence-electron chi connectivity index (χ3n) is 4.32. The molecule has 2 heterocycles. The molecule has 1 saturated carbocycles. The minimum Gasteiger partial charge on any atom is -0.444 e. The molecule has 3 atom stereocenters. The van der Waals surface area contributed by atoms with Gasteiger partial charge in [-0.1, -0.05) is 6.07 Å². The number of anilines is 1. The molecule has 6 nitrogen and oxygen atoms in total. The van der Waals surface area contributed by atoms with Crippen LogP contribution < -0.4 is 5.32 Å². The highest BCUT2D eigenvalue weighted by molar-refractivity contribution is 9.10. The van der Waals surface area contributed by atoms with Crippen LogP contribution in [0.3, 0.4) is 0 Å². The minimum absolute atomic E-state index is 0.132. The number of nitrogens with zero attached hydrogens (tertiary/aromatic N) is 2. The quantitative estimate of drug-likeness (QED) is 0.777. The van der Waals surface area contributed by atoms with Crippen LogP contribution in [0.2, 0.25) is 0 Å². The van der Waals surface area contributed by atoms with Gasteiger partial charge in [-0.15, -0.1) is 0 Å². The van der Waals surface area contributed by atoms with E-state index in [-0.39, 0.29) is 11.9 Å². The lowest BCUT2D eigenvalue weighted by atomic mass is 10.1. The van der Waals surface area contributed by atoms with Gasteiger partial charge in [0.25, 0.3) is 0 Å². The lowest BCUT2D eigenvalue weighted by Gasteiger charge is -2.29. The van der Waals surface area contributed by atoms with E-state index in [0.29, 0.717) is 22.8 Å². The molecule has 2 fully saturated rings. The number of carbonyl (C=O) groups excluding carboxylic acids is 2. The third kappa shape index (κ3) is 3.55. The number of fused-ring (bicyclic) bond motifs is 1. The van der Waals surface area contributed by atoms with Gasteiger partial charge >= 0.3 is 6.09 Å². The molecule has 0 unspecified atom stereocenters. The van der Waals surface area contributed by atoms with Crippen LogP contribution in [0.5, 0.6) is 0 Å². The molecule has 3 rings (SSSR count). The third-order valence-corrected chi connectivity index (χ3v) is 4.76. The maximum absolute atomic E-state index is 12.7. The van der Waals surface area contributed by atoms with Gasteiger partial charge in [0.15, 0.2) is 0 Å². The van der Waals surface area contributed by atoms with Crippen LogP contribution in [0.1, 0.15) is 39.2 Å². The van der Waals surface area contributed by atoms with Crippen molar-refractivity contribution in [2.45, 2.75) is 58.2 Å². The van der Waals surface area contributed by atoms with E-state index in [9.17, 15) is 9.59 Å². The van der Waals surface area contributed by atoms with Crippen molar-refractivity contribution < 1.29 is 14.3 Å². The summed E-state index contributed by atoms with van der Waals surface area (Å²) in [5.41, 5.74) is 0.298. The van der Waals surface area contributed by atoms with Crippen molar-refractivity contribution in [3.8, 4) is 0 Å². The van der Waals surface area contributed by atoms with E-state index in [1.54, 1.807) is 4.90 Å². The van der Waals surface area contributed by atoms with Crippen molar-refractivity contribution in [3.63, 3.8) is 0 Å². The summed E-state index contributed by atoms with van der Waals surface area (Å²) in [6.07, 6.45) is 1.23. The van der Waals surface area contributed by atoms with E-state index in [0.717, 1.165) is 12.0 Å². The Morgan fingerprint density at radius 2 is 2.04 bits per heavy atom. The average molecular weight is 396 g/mol. The molecule has 1 aromatic heterocycles. The van der Waals surface area contributed by atoms with E-state index in [1.807, 2.05) is 39.8 Å². The summed E-state index contributed by atoms with van der Waals surface area (Å²) in [5, 5.41) is 2.85. The number of hydrogen-bond acceptors (Lipinski definition) is 4. The number of ether oxygens (including phenoxy) is 1. The van der Waals surface area contributed by atoms with Crippen molar-refractivity contribution in [1.29, 1.82) is 0 Å². The highest BCUT2D eigenvalue weighted by Gasteiger charge is 2.57. The van der Waals surface area contributed by atoms with Gasteiger partial charge in [0.1, 0.15) is 22.1 Å². The number of carbonyl (C=O) groups is 2. The second-order valence-electron chi connectivity index (χ2n) is 7.49. The van der Waals surface area contributed by atoms with Crippen LogP contribution in [0.4, 0.5) is 10.6 Å². The van der Waals surface area contributed by atoms with E-state index < -0.39 is 17.7 Å². The zero-order valence-electron chi connectivity index (χ0n) is 14.3. The molecule has 0 spiro atoms. The van der Waals surface area contributed by atoms with Gasteiger partial charge in [-0.3, -0.25) is 9.69 Å². The Labute approximate surface area is 150 Å². The summed E-state index contributed by atoms with van der Waals surface area (Å²) in [5.74, 6) is 0.714. The van der Waals surface area contributed by atoms with Gasteiger partial charge in [-0.25, -0.2) is 9.78 Å². The topological polar surface area (TPSA) is 71.5 Å². The smallest absolute Gasteiger partial charge is 0.411 e. The first kappa shape index (κ1) is 17.2. The van der Waals surface area contributed by atoms with Gasteiger partial charge in [0, 0.05) is 6.04 Å². The van der Waals surface area contributed by atoms with Gasteiger partial charge < -0.3 is 10.1 Å². The van der Waals surface area contributed by atoms with Crippen molar-refractivity contribution >= 4 is 33.7 Å². The molecule has 24 heavy (non-hydrogen) atoms. The van der Waals surface area contributed by atoms with Crippen molar-refractivity contribution in [1.82, 2.24) is 9.88 Å². The number of piperidine rings is 1. The summed E-state index contributed by atoms with van der Waals surface area (Å²) in [6.45, 7) is 7.37. The fourth-order valence-electron chi connectivity index (χ4n) is 3.10. The van der Waals surface area contributed by atoms with Gasteiger partial charge in [-0.05, 0) is 74.0 Å². The molecule has 130 valence electrons. The summed E-state index contributed by atoms with van der Waals surface area (Å²) in [4.78, 5) is 31.1. The van der Waals surface area contributed by atoms with Crippen LogP contribution >= 0.6 is 15.9 Å². The fraction of sp³-hybridized carbons (Fsp3) is 0.588. The summed E-state index contributed by atoms with van der Waals surface area (Å²) in [7, 11) is 0. The number of pyridine rings is 1. The predicted molar refractivity (Wildman–Crippen MR) is 93.7 cm³/mol. The molecule has 1 aromatic rings. The largest absolute Gasteiger partial charge is 0.444 e. The summed E-state index contributed by atoms with van der Waals surface area (Å²) < 4.78 is 6.13. The number of aromatic nitrogens is 1. The van der Waals surface area contributed by atoms with Gasteiger partial charge in [-0.2, -0.15) is 0 Å². The first-order chi connectivity index (χ1) is 11.2. The Bertz CT molecular complexity index is 686. The van der Waals surface area contributed by atoms with Gasteiger partial charge in [0.2, 0.25) is 5.91 Å². The number of rotatable bonds is 2. The zero-order chi connectivity index (χ0) is 17.6. The van der Waals surface area contributed by atoms with Crippen LogP contribution in [-0.2, 0) is 9.53 Å². The van der Waals surface area contributed by atoms with Crippen LogP contribution in [-0.4, -0.2) is 39.6 Å². The van der Waals surface area contributed by atoms with E-state index in [4.69, 9.17) is 4.74 Å². The summed E-state index contributed by atoms with van der Waals surface area (Å²) in [6, 6.07) is 3.34. The number of aryl methyl sites for hydroxylation is 1. The predicted octanol–water partition coefficient (Wildman–Crippen LogP) is 3.49. The Balaban J connectivity index is 1.74. The fourth-order valence-corrected chi connectivity index (χ4v) is 3.41. The highest BCUT2D eigenvalue weighted by atomic mass is 79.9. The Kier molecular flexibility index (Phi) is 4.32. The number of halogens is 1. The Morgan fingerprint density at radius 3 is 2.71 bits per heavy atom. The maximum atomic E-state index is 12.7. The zero-order valence-corrected chi connectivity index (χ0v) is 15.9. The second-order valence-corrected chi connectivity index (χ2v) is 8.30. The molecule has 1 aliphatic heterocycles. The molecule has 0 radical (unpaired) electrons. The first-order valence-electron chi connectivity index (χ1n) is 8.11. The van der Waals surface area contributed by atoms with Gasteiger partial charge in [0.05, 0.1) is 0 Å².